The van der Waals surface area contributed by atoms with E-state index in [9.17, 15) is 9.18 Å². The molecule has 1 amide bonds. The largest absolute Gasteiger partial charge is 0.497 e. The molecule has 0 aliphatic rings. The van der Waals surface area contributed by atoms with Crippen molar-refractivity contribution in [3.63, 3.8) is 0 Å². The number of nitrogens with zero attached hydrogens (tertiary/aromatic N) is 4. The minimum Gasteiger partial charge on any atom is -0.497 e. The van der Waals surface area contributed by atoms with E-state index in [-0.39, 0.29) is 16.5 Å². The first-order chi connectivity index (χ1) is 17.4. The van der Waals surface area contributed by atoms with Crippen molar-refractivity contribution in [1.82, 2.24) is 24.7 Å². The van der Waals surface area contributed by atoms with E-state index in [1.807, 2.05) is 24.3 Å². The van der Waals surface area contributed by atoms with Crippen molar-refractivity contribution < 1.29 is 18.7 Å². The van der Waals surface area contributed by atoms with E-state index >= 15 is 0 Å². The number of carbonyl (C=O) groups is 1. The molecule has 0 aliphatic carbocycles. The summed E-state index contributed by atoms with van der Waals surface area (Å²) in [5, 5.41) is 7.61. The van der Waals surface area contributed by atoms with Crippen LogP contribution in [0, 0.1) is 5.82 Å². The Kier molecular flexibility index (Phi) is 6.26. The second kappa shape index (κ2) is 9.67. The van der Waals surface area contributed by atoms with Crippen LogP contribution in [0.15, 0.2) is 60.8 Å². The molecule has 0 radical (unpaired) electrons. The molecule has 0 saturated carbocycles. The van der Waals surface area contributed by atoms with Gasteiger partial charge in [0.25, 0.3) is 5.91 Å². The van der Waals surface area contributed by atoms with Gasteiger partial charge < -0.3 is 19.8 Å². The van der Waals surface area contributed by atoms with Crippen molar-refractivity contribution in [3.05, 3.63) is 82.9 Å². The zero-order chi connectivity index (χ0) is 25.2. The Hall–Kier alpha value is -4.44. The Morgan fingerprint density at radius 2 is 1.86 bits per heavy atom. The van der Waals surface area contributed by atoms with E-state index in [1.165, 1.54) is 25.4 Å². The minimum atomic E-state index is -0.517. The minimum absolute atomic E-state index is 0.167. The average molecular weight is 507 g/mol. The van der Waals surface area contributed by atoms with Gasteiger partial charge in [-0.2, -0.15) is 5.10 Å². The summed E-state index contributed by atoms with van der Waals surface area (Å²) in [5.41, 5.74) is 2.44. The van der Waals surface area contributed by atoms with E-state index < -0.39 is 11.7 Å². The first-order valence-corrected chi connectivity index (χ1v) is 11.2. The van der Waals surface area contributed by atoms with E-state index in [1.54, 1.807) is 30.0 Å². The number of fused-ring (bicyclic) bond motifs is 1. The first kappa shape index (κ1) is 23.3. The Morgan fingerprint density at radius 1 is 1.08 bits per heavy atom. The summed E-state index contributed by atoms with van der Waals surface area (Å²) in [6, 6.07) is 15.2. The molecule has 36 heavy (non-hydrogen) atoms. The van der Waals surface area contributed by atoms with Gasteiger partial charge in [-0.25, -0.2) is 14.4 Å². The number of amides is 1. The number of anilines is 1. The standard InChI is InChI=1S/C25H20ClFN6O3/c1-35-16-6-3-14(4-7-16)13-33-20(24-29-19-10-17(36-2)9-18(27)23(19)31-24)11-22(32-33)30-25(34)15-5-8-21(26)28-12-15/h3-12H,13H2,1-2H3,(H,29,31)(H,30,32,34). The van der Waals surface area contributed by atoms with Gasteiger partial charge in [-0.05, 0) is 29.8 Å². The molecule has 3 aromatic heterocycles. The van der Waals surface area contributed by atoms with Crippen LogP contribution in [0.5, 0.6) is 11.5 Å². The Balaban J connectivity index is 1.53. The molecule has 5 aromatic rings. The fourth-order valence-corrected chi connectivity index (χ4v) is 3.79. The molecule has 9 nitrogen and oxygen atoms in total. The van der Waals surface area contributed by atoms with Crippen LogP contribution in [-0.2, 0) is 6.54 Å². The summed E-state index contributed by atoms with van der Waals surface area (Å²) in [6.45, 7) is 0.362. The monoisotopic (exact) mass is 506 g/mol. The average Bonchev–Trinajstić information content (AvgIpc) is 3.49. The molecule has 2 N–H and O–H groups in total. The van der Waals surface area contributed by atoms with Gasteiger partial charge in [-0.3, -0.25) is 9.48 Å². The topological polar surface area (TPSA) is 107 Å². The van der Waals surface area contributed by atoms with Crippen molar-refractivity contribution in [3.8, 4) is 23.0 Å². The maximum absolute atomic E-state index is 14.6. The summed E-state index contributed by atoms with van der Waals surface area (Å²) in [4.78, 5) is 24.2. The lowest BCUT2D eigenvalue weighted by Gasteiger charge is -2.07. The smallest absolute Gasteiger partial charge is 0.258 e. The maximum Gasteiger partial charge on any atom is 0.258 e. The fourth-order valence-electron chi connectivity index (χ4n) is 3.68. The van der Waals surface area contributed by atoms with Gasteiger partial charge in [0, 0.05) is 24.4 Å². The third-order valence-corrected chi connectivity index (χ3v) is 5.72. The Morgan fingerprint density at radius 3 is 2.56 bits per heavy atom. The number of rotatable bonds is 7. The second-order valence-corrected chi connectivity index (χ2v) is 8.22. The summed E-state index contributed by atoms with van der Waals surface area (Å²) in [7, 11) is 3.06. The number of pyridine rings is 1. The predicted molar refractivity (Wildman–Crippen MR) is 133 cm³/mol. The molecule has 0 spiro atoms. The van der Waals surface area contributed by atoms with Crippen molar-refractivity contribution in [1.29, 1.82) is 0 Å². The third-order valence-electron chi connectivity index (χ3n) is 5.49. The van der Waals surface area contributed by atoms with E-state index in [2.05, 4.69) is 25.4 Å². The van der Waals surface area contributed by atoms with Gasteiger partial charge in [-0.15, -0.1) is 0 Å². The lowest BCUT2D eigenvalue weighted by molar-refractivity contribution is 0.102. The normalized spacial score (nSPS) is 11.0. The molecule has 5 rings (SSSR count). The number of halogens is 2. The molecular weight excluding hydrogens is 487 g/mol. The summed E-state index contributed by atoms with van der Waals surface area (Å²) in [6.07, 6.45) is 1.38. The molecule has 11 heteroatoms. The molecule has 3 heterocycles. The maximum atomic E-state index is 14.6. The predicted octanol–water partition coefficient (Wildman–Crippen LogP) is 4.93. The van der Waals surface area contributed by atoms with Gasteiger partial charge >= 0.3 is 0 Å². The first-order valence-electron chi connectivity index (χ1n) is 10.8. The molecule has 0 bridgehead atoms. The van der Waals surface area contributed by atoms with Crippen LogP contribution in [0.25, 0.3) is 22.6 Å². The molecule has 0 saturated heterocycles. The van der Waals surface area contributed by atoms with E-state index in [0.29, 0.717) is 34.9 Å². The highest BCUT2D eigenvalue weighted by molar-refractivity contribution is 6.29. The van der Waals surface area contributed by atoms with Crippen LogP contribution in [0.1, 0.15) is 15.9 Å². The highest BCUT2D eigenvalue weighted by Crippen LogP contribution is 2.28. The Bertz CT molecular complexity index is 1550. The molecular formula is C25H20ClFN6O3. The number of hydrogen-bond acceptors (Lipinski definition) is 6. The van der Waals surface area contributed by atoms with Crippen LogP contribution in [0.4, 0.5) is 10.2 Å². The van der Waals surface area contributed by atoms with E-state index in [4.69, 9.17) is 21.1 Å². The molecule has 0 atom stereocenters. The van der Waals surface area contributed by atoms with Crippen LogP contribution in [0.3, 0.4) is 0 Å². The molecule has 0 fully saturated rings. The molecule has 0 aliphatic heterocycles. The van der Waals surface area contributed by atoms with Gasteiger partial charge in [0.2, 0.25) is 0 Å². The van der Waals surface area contributed by atoms with Crippen molar-refractivity contribution >= 4 is 34.4 Å². The number of aromatic amines is 1. The lowest BCUT2D eigenvalue weighted by atomic mass is 10.2. The summed E-state index contributed by atoms with van der Waals surface area (Å²) >= 11 is 5.82. The van der Waals surface area contributed by atoms with Gasteiger partial charge in [0.05, 0.1) is 31.8 Å². The molecule has 182 valence electrons. The fraction of sp³-hybridized carbons (Fsp3) is 0.120. The Labute approximate surface area is 209 Å². The summed E-state index contributed by atoms with van der Waals surface area (Å²) in [5.74, 6) is 0.845. The second-order valence-electron chi connectivity index (χ2n) is 7.84. The quantitative estimate of drug-likeness (QED) is 0.303. The van der Waals surface area contributed by atoms with Crippen LogP contribution in [0.2, 0.25) is 5.15 Å². The third kappa shape index (κ3) is 4.71. The number of methoxy groups -OCH3 is 2. The van der Waals surface area contributed by atoms with Gasteiger partial charge in [0.1, 0.15) is 27.9 Å². The lowest BCUT2D eigenvalue weighted by Crippen LogP contribution is -2.13. The number of nitrogens with one attached hydrogen (secondary N) is 2. The number of carbonyl (C=O) groups excluding carboxylic acids is 1. The highest BCUT2D eigenvalue weighted by atomic mass is 35.5. The van der Waals surface area contributed by atoms with Gasteiger partial charge in [0.15, 0.2) is 17.5 Å². The number of aromatic nitrogens is 5. The number of benzene rings is 2. The van der Waals surface area contributed by atoms with Crippen molar-refractivity contribution in [2.75, 3.05) is 19.5 Å². The van der Waals surface area contributed by atoms with Crippen molar-refractivity contribution in [2.45, 2.75) is 6.54 Å². The van der Waals surface area contributed by atoms with Crippen molar-refractivity contribution in [2.24, 2.45) is 0 Å². The molecule has 0 unspecified atom stereocenters. The van der Waals surface area contributed by atoms with E-state index in [0.717, 1.165) is 11.3 Å². The number of H-pyrrole nitrogens is 1. The molecule has 2 aromatic carbocycles. The number of imidazole rings is 1. The van der Waals surface area contributed by atoms with Crippen LogP contribution < -0.4 is 14.8 Å². The van der Waals surface area contributed by atoms with Crippen LogP contribution in [-0.4, -0.2) is 44.9 Å². The highest BCUT2D eigenvalue weighted by Gasteiger charge is 2.18. The summed E-state index contributed by atoms with van der Waals surface area (Å²) < 4.78 is 26.7. The number of hydrogen-bond donors (Lipinski definition) is 2. The zero-order valence-electron chi connectivity index (χ0n) is 19.3. The van der Waals surface area contributed by atoms with Crippen LogP contribution >= 0.6 is 11.6 Å². The number of ether oxygens (including phenoxy) is 2. The SMILES string of the molecule is COc1ccc(Cn2nc(NC(=O)c3ccc(Cl)nc3)cc2-c2nc3c(F)cc(OC)cc3[nH]2)cc1. The zero-order valence-corrected chi connectivity index (χ0v) is 20.0. The van der Waals surface area contributed by atoms with Gasteiger partial charge in [-0.1, -0.05) is 23.7 Å².